The minimum absolute atomic E-state index is 0.0752. The number of aromatic nitrogens is 2. The van der Waals surface area contributed by atoms with E-state index in [0.717, 1.165) is 18.4 Å². The molecule has 1 amide bonds. The molecule has 4 rings (SSSR count). The Labute approximate surface area is 182 Å². The summed E-state index contributed by atoms with van der Waals surface area (Å²) in [4.78, 5) is 17.2. The van der Waals surface area contributed by atoms with Crippen molar-refractivity contribution < 1.29 is 18.3 Å². The van der Waals surface area contributed by atoms with Gasteiger partial charge in [0.05, 0.1) is 15.1 Å². The standard InChI is InChI=1S/C20H21BrN4O4S/c1-13-4-6-15(7-5-13)30(28,29)25-10-8-16-18(17(21)11-22-19(16)25)23-14-3-2-9-24(12-14)20(26)27/h4-8,10-11,14H,2-3,9,12H2,1H3,(H,22,23)(H,26,27). The van der Waals surface area contributed by atoms with Crippen LogP contribution in [0.2, 0.25) is 0 Å². The summed E-state index contributed by atoms with van der Waals surface area (Å²) >= 11 is 3.49. The normalized spacial score (nSPS) is 17.3. The van der Waals surface area contributed by atoms with Crippen molar-refractivity contribution in [3.63, 3.8) is 0 Å². The van der Waals surface area contributed by atoms with Crippen LogP contribution in [-0.2, 0) is 10.0 Å². The first-order valence-corrected chi connectivity index (χ1v) is 11.7. The zero-order valence-corrected chi connectivity index (χ0v) is 18.6. The van der Waals surface area contributed by atoms with Gasteiger partial charge in [0, 0.05) is 36.9 Å². The lowest BCUT2D eigenvalue weighted by atomic mass is 10.1. The molecule has 1 saturated heterocycles. The number of aryl methyl sites for hydroxylation is 1. The van der Waals surface area contributed by atoms with Gasteiger partial charge in [0.2, 0.25) is 0 Å². The molecule has 0 spiro atoms. The number of halogens is 1. The third-order valence-electron chi connectivity index (χ3n) is 5.25. The number of rotatable bonds is 4. The molecule has 3 aromatic rings. The second-order valence-electron chi connectivity index (χ2n) is 7.36. The van der Waals surface area contributed by atoms with E-state index in [-0.39, 0.29) is 10.9 Å². The van der Waals surface area contributed by atoms with Gasteiger partial charge in [0.25, 0.3) is 10.0 Å². The molecule has 2 aromatic heterocycles. The molecule has 1 aliphatic heterocycles. The SMILES string of the molecule is Cc1ccc(S(=O)(=O)n2ccc3c(NC4CCCN(C(=O)O)C4)c(Br)cnc32)cc1. The summed E-state index contributed by atoms with van der Waals surface area (Å²) in [6.45, 7) is 2.79. The van der Waals surface area contributed by atoms with Crippen LogP contribution in [0.5, 0.6) is 0 Å². The molecule has 2 N–H and O–H groups in total. The molecule has 0 aliphatic carbocycles. The molecule has 10 heteroatoms. The highest BCUT2D eigenvalue weighted by atomic mass is 79.9. The van der Waals surface area contributed by atoms with Gasteiger partial charge in [-0.2, -0.15) is 0 Å². The molecule has 30 heavy (non-hydrogen) atoms. The van der Waals surface area contributed by atoms with E-state index >= 15 is 0 Å². The maximum absolute atomic E-state index is 13.1. The molecular weight excluding hydrogens is 472 g/mol. The number of hydrogen-bond donors (Lipinski definition) is 2. The van der Waals surface area contributed by atoms with Crippen LogP contribution in [0.3, 0.4) is 0 Å². The molecule has 3 heterocycles. The third-order valence-corrected chi connectivity index (χ3v) is 7.53. The first-order valence-electron chi connectivity index (χ1n) is 9.49. The van der Waals surface area contributed by atoms with Crippen molar-refractivity contribution in [3.05, 3.63) is 52.8 Å². The van der Waals surface area contributed by atoms with Crippen molar-refractivity contribution in [2.24, 2.45) is 0 Å². The highest BCUT2D eigenvalue weighted by Gasteiger charge is 2.26. The summed E-state index contributed by atoms with van der Waals surface area (Å²) < 4.78 is 28.2. The van der Waals surface area contributed by atoms with Crippen LogP contribution >= 0.6 is 15.9 Å². The average Bonchev–Trinajstić information content (AvgIpc) is 3.16. The van der Waals surface area contributed by atoms with Gasteiger partial charge in [-0.15, -0.1) is 0 Å². The van der Waals surface area contributed by atoms with Crippen LogP contribution in [0.4, 0.5) is 10.5 Å². The van der Waals surface area contributed by atoms with Crippen LogP contribution < -0.4 is 5.32 Å². The molecule has 1 atom stereocenters. The monoisotopic (exact) mass is 492 g/mol. The Hall–Kier alpha value is -2.59. The Kier molecular flexibility index (Phi) is 5.46. The van der Waals surface area contributed by atoms with Crippen LogP contribution in [-0.4, -0.2) is 52.6 Å². The predicted octanol–water partition coefficient (Wildman–Crippen LogP) is 3.90. The number of carbonyl (C=O) groups is 1. The van der Waals surface area contributed by atoms with Crippen molar-refractivity contribution in [2.75, 3.05) is 18.4 Å². The Balaban J connectivity index is 1.71. The number of hydrogen-bond acceptors (Lipinski definition) is 5. The Morgan fingerprint density at radius 3 is 2.70 bits per heavy atom. The number of amides is 1. The highest BCUT2D eigenvalue weighted by molar-refractivity contribution is 9.10. The van der Waals surface area contributed by atoms with E-state index in [1.54, 1.807) is 36.5 Å². The van der Waals surface area contributed by atoms with Gasteiger partial charge in [-0.05, 0) is 53.9 Å². The fourth-order valence-electron chi connectivity index (χ4n) is 3.68. The van der Waals surface area contributed by atoms with Crippen LogP contribution in [0, 0.1) is 6.92 Å². The van der Waals surface area contributed by atoms with Gasteiger partial charge in [0.15, 0.2) is 5.65 Å². The van der Waals surface area contributed by atoms with Crippen molar-refractivity contribution in [2.45, 2.75) is 30.7 Å². The highest BCUT2D eigenvalue weighted by Crippen LogP contribution is 2.33. The molecule has 1 fully saturated rings. The number of fused-ring (bicyclic) bond motifs is 1. The summed E-state index contributed by atoms with van der Waals surface area (Å²) in [7, 11) is -3.80. The minimum Gasteiger partial charge on any atom is -0.465 e. The molecule has 8 nitrogen and oxygen atoms in total. The molecule has 0 bridgehead atoms. The number of benzene rings is 1. The fraction of sp³-hybridized carbons (Fsp3) is 0.300. The van der Waals surface area contributed by atoms with E-state index in [9.17, 15) is 18.3 Å². The summed E-state index contributed by atoms with van der Waals surface area (Å²) in [5, 5.41) is 13.3. The summed E-state index contributed by atoms with van der Waals surface area (Å²) in [6, 6.07) is 8.31. The van der Waals surface area contributed by atoms with Gasteiger partial charge < -0.3 is 15.3 Å². The number of piperidine rings is 1. The molecule has 1 unspecified atom stereocenters. The molecule has 1 aromatic carbocycles. The number of carboxylic acid groups (broad SMARTS) is 1. The maximum atomic E-state index is 13.1. The van der Waals surface area contributed by atoms with Crippen LogP contribution in [0.25, 0.3) is 11.0 Å². The van der Waals surface area contributed by atoms with Gasteiger partial charge in [-0.25, -0.2) is 22.2 Å². The predicted molar refractivity (Wildman–Crippen MR) is 117 cm³/mol. The van der Waals surface area contributed by atoms with E-state index in [4.69, 9.17) is 0 Å². The molecule has 1 aliphatic rings. The second kappa shape index (κ2) is 7.92. The Morgan fingerprint density at radius 1 is 1.27 bits per heavy atom. The lowest BCUT2D eigenvalue weighted by Crippen LogP contribution is -2.44. The molecule has 0 saturated carbocycles. The van der Waals surface area contributed by atoms with Crippen LogP contribution in [0.1, 0.15) is 18.4 Å². The van der Waals surface area contributed by atoms with Gasteiger partial charge in [-0.1, -0.05) is 17.7 Å². The van der Waals surface area contributed by atoms with Crippen molar-refractivity contribution in [1.29, 1.82) is 0 Å². The number of anilines is 1. The first-order chi connectivity index (χ1) is 14.3. The van der Waals surface area contributed by atoms with E-state index < -0.39 is 16.1 Å². The minimum atomic E-state index is -3.80. The molecule has 158 valence electrons. The van der Waals surface area contributed by atoms with Gasteiger partial charge in [0.1, 0.15) is 0 Å². The summed E-state index contributed by atoms with van der Waals surface area (Å²) in [5.74, 6) is 0. The number of likely N-dealkylation sites (tertiary alicyclic amines) is 1. The van der Waals surface area contributed by atoms with Gasteiger partial charge in [-0.3, -0.25) is 0 Å². The topological polar surface area (TPSA) is 105 Å². The van der Waals surface area contributed by atoms with Crippen LogP contribution in [0.15, 0.2) is 52.1 Å². The zero-order valence-electron chi connectivity index (χ0n) is 16.2. The van der Waals surface area contributed by atoms with Crippen molar-refractivity contribution >= 4 is 48.8 Å². The number of pyridine rings is 1. The summed E-state index contributed by atoms with van der Waals surface area (Å²) in [5.41, 5.74) is 1.99. The Morgan fingerprint density at radius 2 is 2.00 bits per heavy atom. The largest absolute Gasteiger partial charge is 0.465 e. The first kappa shape index (κ1) is 20.7. The smallest absolute Gasteiger partial charge is 0.407 e. The summed E-state index contributed by atoms with van der Waals surface area (Å²) in [6.07, 6.45) is 3.70. The van der Waals surface area contributed by atoms with E-state index in [0.29, 0.717) is 34.3 Å². The van der Waals surface area contributed by atoms with Crippen molar-refractivity contribution in [1.82, 2.24) is 13.9 Å². The molecular formula is C20H21BrN4O4S. The maximum Gasteiger partial charge on any atom is 0.407 e. The fourth-order valence-corrected chi connectivity index (χ4v) is 5.41. The second-order valence-corrected chi connectivity index (χ2v) is 10.0. The number of nitrogens with zero attached hydrogens (tertiary/aromatic N) is 3. The Bertz CT molecular complexity index is 1210. The zero-order chi connectivity index (χ0) is 21.5. The quantitative estimate of drug-likeness (QED) is 0.572. The lowest BCUT2D eigenvalue weighted by molar-refractivity contribution is 0.133. The van der Waals surface area contributed by atoms with E-state index in [1.165, 1.54) is 15.1 Å². The average molecular weight is 493 g/mol. The van der Waals surface area contributed by atoms with Gasteiger partial charge >= 0.3 is 6.09 Å². The number of nitrogens with one attached hydrogen (secondary N) is 1. The third kappa shape index (κ3) is 3.77. The lowest BCUT2D eigenvalue weighted by Gasteiger charge is -2.32. The molecule has 0 radical (unpaired) electrons. The van der Waals surface area contributed by atoms with Crippen molar-refractivity contribution in [3.8, 4) is 0 Å². The van der Waals surface area contributed by atoms with E-state index in [1.807, 2.05) is 6.92 Å². The van der Waals surface area contributed by atoms with E-state index in [2.05, 4.69) is 26.2 Å².